The summed E-state index contributed by atoms with van der Waals surface area (Å²) in [4.78, 5) is 36.0. The van der Waals surface area contributed by atoms with Gasteiger partial charge in [0.2, 0.25) is 0 Å². The number of hydrogen-bond donors (Lipinski definition) is 4. The number of rotatable bonds is 5. The first-order valence-electron chi connectivity index (χ1n) is 11.7. The highest BCUT2D eigenvalue weighted by molar-refractivity contribution is 6.09. The summed E-state index contributed by atoms with van der Waals surface area (Å²) in [6, 6.07) is 13.5. The first kappa shape index (κ1) is 24.1. The Morgan fingerprint density at radius 1 is 1.16 bits per heavy atom. The zero-order valence-electron chi connectivity index (χ0n) is 19.8. The molecule has 0 atom stereocenters. The molecule has 1 amide bonds. The number of ether oxygens (including phenoxy) is 1. The second-order valence-corrected chi connectivity index (χ2v) is 8.42. The zero-order valence-corrected chi connectivity index (χ0v) is 19.8. The molecule has 0 bridgehead atoms. The Labute approximate surface area is 211 Å². The molecular weight excluding hydrogens is 474 g/mol. The Balaban J connectivity index is 0.000000892. The molecule has 1 aliphatic rings. The van der Waals surface area contributed by atoms with Crippen molar-refractivity contribution in [3.63, 3.8) is 0 Å². The van der Waals surface area contributed by atoms with Gasteiger partial charge in [-0.05, 0) is 47.5 Å². The van der Waals surface area contributed by atoms with Crippen molar-refractivity contribution in [2.24, 2.45) is 0 Å². The molecule has 0 unspecified atom stereocenters. The number of fused-ring (bicyclic) bond motifs is 2. The molecule has 1 aromatic carbocycles. The standard InChI is InChI=1S/C25H23N7O2.CH2O2/c33-25(21-3-1-2-17(29-21)15-32-8-10-34-11-9-32)30-22-12-16(13-23-20(22)14-28-31-23)18-4-6-26-24-19(18)5-7-27-24;2-1-3/h1-7,12-14H,8-11,15H2,(H,26,27)(H,28,31)(H,30,33);1H,(H,2,3). The molecule has 4 N–H and O–H groups in total. The lowest BCUT2D eigenvalue weighted by atomic mass is 10.0. The van der Waals surface area contributed by atoms with Crippen LogP contribution < -0.4 is 5.32 Å². The van der Waals surface area contributed by atoms with Crippen molar-refractivity contribution in [1.82, 2.24) is 30.0 Å². The smallest absolute Gasteiger partial charge is 0.290 e. The van der Waals surface area contributed by atoms with Gasteiger partial charge in [0.15, 0.2) is 0 Å². The van der Waals surface area contributed by atoms with Gasteiger partial charge in [-0.3, -0.25) is 19.6 Å². The number of carbonyl (C=O) groups is 2. The Morgan fingerprint density at radius 2 is 2.00 bits per heavy atom. The minimum Gasteiger partial charge on any atom is -0.483 e. The summed E-state index contributed by atoms with van der Waals surface area (Å²) in [5.74, 6) is -0.259. The molecule has 188 valence electrons. The molecule has 1 saturated heterocycles. The molecule has 11 nitrogen and oxygen atoms in total. The SMILES string of the molecule is O=C(Nc1cc(-c2ccnc3[nH]ccc23)cc2[nH]ncc12)c1cccc(CN2CCOCC2)n1.O=CO. The Hall–Kier alpha value is -4.61. The van der Waals surface area contributed by atoms with Gasteiger partial charge in [-0.25, -0.2) is 9.97 Å². The molecule has 0 radical (unpaired) electrons. The van der Waals surface area contributed by atoms with E-state index >= 15 is 0 Å². The maximum absolute atomic E-state index is 13.2. The average molecular weight is 500 g/mol. The average Bonchev–Trinajstić information content (AvgIpc) is 3.59. The predicted octanol–water partition coefficient (Wildman–Crippen LogP) is 3.29. The molecule has 0 aliphatic carbocycles. The fourth-order valence-corrected chi connectivity index (χ4v) is 4.39. The van der Waals surface area contributed by atoms with Crippen LogP contribution in [0.4, 0.5) is 5.69 Å². The van der Waals surface area contributed by atoms with Gasteiger partial charge >= 0.3 is 0 Å². The molecule has 4 aromatic heterocycles. The second kappa shape index (κ2) is 11.0. The number of benzene rings is 1. The van der Waals surface area contributed by atoms with Crippen molar-refractivity contribution in [2.45, 2.75) is 6.54 Å². The second-order valence-electron chi connectivity index (χ2n) is 8.42. The van der Waals surface area contributed by atoms with Crippen molar-refractivity contribution in [1.29, 1.82) is 0 Å². The summed E-state index contributed by atoms with van der Waals surface area (Å²) in [5.41, 5.74) is 5.54. The van der Waals surface area contributed by atoms with Crippen molar-refractivity contribution >= 4 is 40.0 Å². The van der Waals surface area contributed by atoms with E-state index in [1.54, 1.807) is 18.5 Å². The molecule has 37 heavy (non-hydrogen) atoms. The minimum absolute atomic E-state index is 0.250. The number of carbonyl (C=O) groups excluding carboxylic acids is 1. The number of carboxylic acid groups (broad SMARTS) is 1. The fraction of sp³-hybridized carbons (Fsp3) is 0.192. The van der Waals surface area contributed by atoms with Crippen LogP contribution in [0.5, 0.6) is 0 Å². The third kappa shape index (κ3) is 5.32. The van der Waals surface area contributed by atoms with Crippen LogP contribution in [-0.2, 0) is 16.1 Å². The van der Waals surface area contributed by atoms with Crippen molar-refractivity contribution in [2.75, 3.05) is 31.6 Å². The van der Waals surface area contributed by atoms with E-state index in [1.165, 1.54) is 0 Å². The maximum Gasteiger partial charge on any atom is 0.290 e. The summed E-state index contributed by atoms with van der Waals surface area (Å²) in [5, 5.41) is 19.0. The zero-order chi connectivity index (χ0) is 25.6. The number of hydrogen-bond acceptors (Lipinski definition) is 7. The quantitative estimate of drug-likeness (QED) is 0.269. The highest BCUT2D eigenvalue weighted by atomic mass is 16.5. The Kier molecular flexibility index (Phi) is 7.15. The highest BCUT2D eigenvalue weighted by Gasteiger charge is 2.16. The fourth-order valence-electron chi connectivity index (χ4n) is 4.39. The van der Waals surface area contributed by atoms with Crippen molar-refractivity contribution in [3.8, 4) is 11.1 Å². The molecular formula is C26H25N7O4. The number of aromatic amines is 2. The number of amides is 1. The van der Waals surface area contributed by atoms with Crippen LogP contribution in [0.2, 0.25) is 0 Å². The third-order valence-corrected chi connectivity index (χ3v) is 6.11. The number of H-pyrrole nitrogens is 2. The molecule has 5 aromatic rings. The summed E-state index contributed by atoms with van der Waals surface area (Å²) in [6.45, 7) is 3.63. The normalized spacial score (nSPS) is 13.7. The monoisotopic (exact) mass is 499 g/mol. The van der Waals surface area contributed by atoms with E-state index in [9.17, 15) is 4.79 Å². The third-order valence-electron chi connectivity index (χ3n) is 6.11. The summed E-state index contributed by atoms with van der Waals surface area (Å²) in [7, 11) is 0. The molecule has 0 saturated carbocycles. The van der Waals surface area contributed by atoms with E-state index in [0.29, 0.717) is 17.9 Å². The Bertz CT molecular complexity index is 1540. The van der Waals surface area contributed by atoms with Crippen LogP contribution >= 0.6 is 0 Å². The number of anilines is 1. The van der Waals surface area contributed by atoms with Gasteiger partial charge in [0.1, 0.15) is 11.3 Å². The van der Waals surface area contributed by atoms with E-state index < -0.39 is 0 Å². The van der Waals surface area contributed by atoms with Gasteiger partial charge in [0, 0.05) is 42.8 Å². The first-order chi connectivity index (χ1) is 18.2. The van der Waals surface area contributed by atoms with Crippen LogP contribution in [0.25, 0.3) is 33.1 Å². The molecule has 1 fully saturated rings. The van der Waals surface area contributed by atoms with Crippen molar-refractivity contribution < 1.29 is 19.4 Å². The van der Waals surface area contributed by atoms with Gasteiger partial charge in [0.25, 0.3) is 12.4 Å². The van der Waals surface area contributed by atoms with E-state index in [-0.39, 0.29) is 12.4 Å². The van der Waals surface area contributed by atoms with Crippen LogP contribution in [0.15, 0.2) is 61.1 Å². The molecule has 6 rings (SSSR count). The molecule has 11 heteroatoms. The minimum atomic E-state index is -0.259. The van der Waals surface area contributed by atoms with Crippen LogP contribution in [-0.4, -0.2) is 73.8 Å². The first-order valence-corrected chi connectivity index (χ1v) is 11.7. The lowest BCUT2D eigenvalue weighted by Gasteiger charge is -2.26. The Morgan fingerprint density at radius 3 is 2.84 bits per heavy atom. The van der Waals surface area contributed by atoms with Gasteiger partial charge in [-0.2, -0.15) is 5.10 Å². The summed E-state index contributed by atoms with van der Waals surface area (Å²) < 4.78 is 5.42. The van der Waals surface area contributed by atoms with Gasteiger partial charge in [-0.1, -0.05) is 6.07 Å². The van der Waals surface area contributed by atoms with E-state index in [0.717, 1.165) is 65.1 Å². The molecule has 1 aliphatic heterocycles. The van der Waals surface area contributed by atoms with E-state index in [4.69, 9.17) is 14.6 Å². The molecule has 5 heterocycles. The van der Waals surface area contributed by atoms with Crippen LogP contribution in [0.3, 0.4) is 0 Å². The lowest BCUT2D eigenvalue weighted by molar-refractivity contribution is -0.122. The van der Waals surface area contributed by atoms with Crippen LogP contribution in [0, 0.1) is 0 Å². The van der Waals surface area contributed by atoms with Crippen LogP contribution in [0.1, 0.15) is 16.2 Å². The van der Waals surface area contributed by atoms with Gasteiger partial charge in [-0.15, -0.1) is 0 Å². The lowest BCUT2D eigenvalue weighted by Crippen LogP contribution is -2.36. The van der Waals surface area contributed by atoms with Gasteiger partial charge in [0.05, 0.1) is 36.3 Å². The van der Waals surface area contributed by atoms with Crippen molar-refractivity contribution in [3.05, 3.63) is 72.4 Å². The predicted molar refractivity (Wildman–Crippen MR) is 138 cm³/mol. The molecule has 0 spiro atoms. The summed E-state index contributed by atoms with van der Waals surface area (Å²) in [6.07, 6.45) is 5.36. The number of morpholine rings is 1. The largest absolute Gasteiger partial charge is 0.483 e. The van der Waals surface area contributed by atoms with E-state index in [1.807, 2.05) is 42.6 Å². The van der Waals surface area contributed by atoms with Gasteiger partial charge < -0.3 is 20.1 Å². The number of pyridine rings is 2. The number of nitrogens with zero attached hydrogens (tertiary/aromatic N) is 4. The topological polar surface area (TPSA) is 149 Å². The summed E-state index contributed by atoms with van der Waals surface area (Å²) >= 11 is 0. The van der Waals surface area contributed by atoms with E-state index in [2.05, 4.69) is 35.4 Å². The highest BCUT2D eigenvalue weighted by Crippen LogP contribution is 2.33. The number of aromatic nitrogens is 5. The number of nitrogens with one attached hydrogen (secondary N) is 3. The maximum atomic E-state index is 13.2.